The largest absolute Gasteiger partial charge is 0.126 e. The Morgan fingerprint density at radius 1 is 0.833 bits per heavy atom. The molecule has 18 heavy (non-hydrogen) atoms. The summed E-state index contributed by atoms with van der Waals surface area (Å²) in [6, 6.07) is 7.13. The van der Waals surface area contributed by atoms with E-state index in [2.05, 4.69) is 66.7 Å². The van der Waals surface area contributed by atoms with Gasteiger partial charge in [0.2, 0.25) is 0 Å². The van der Waals surface area contributed by atoms with E-state index >= 15 is 0 Å². The van der Waals surface area contributed by atoms with Crippen LogP contribution in [0.2, 0.25) is 0 Å². The summed E-state index contributed by atoms with van der Waals surface area (Å²) in [7, 11) is 0. The Balaban J connectivity index is 3.21. The number of hydrogen-bond donors (Lipinski definition) is 0. The Morgan fingerprint density at radius 3 is 1.61 bits per heavy atom. The van der Waals surface area contributed by atoms with Gasteiger partial charge in [0.05, 0.1) is 0 Å². The summed E-state index contributed by atoms with van der Waals surface area (Å²) in [6.07, 6.45) is 1.23. The lowest BCUT2D eigenvalue weighted by Gasteiger charge is -2.26. The highest BCUT2D eigenvalue weighted by atomic mass is 32.2. The highest BCUT2D eigenvalue weighted by Gasteiger charge is 2.20. The van der Waals surface area contributed by atoms with Crippen LogP contribution in [0.3, 0.4) is 0 Å². The van der Waals surface area contributed by atoms with E-state index < -0.39 is 0 Å². The van der Waals surface area contributed by atoms with E-state index in [0.717, 1.165) is 0 Å². The molecule has 0 aromatic heterocycles. The van der Waals surface area contributed by atoms with Crippen LogP contribution in [0.5, 0.6) is 0 Å². The third-order valence-corrected chi connectivity index (χ3v) is 4.29. The molecule has 1 aromatic rings. The zero-order chi connectivity index (χ0) is 14.0. The maximum atomic E-state index is 2.38. The van der Waals surface area contributed by atoms with Crippen LogP contribution in [-0.2, 0) is 10.8 Å². The van der Waals surface area contributed by atoms with Crippen LogP contribution < -0.4 is 0 Å². The molecule has 0 saturated carbocycles. The molecule has 0 N–H and O–H groups in total. The third kappa shape index (κ3) is 4.35. The lowest BCUT2D eigenvalue weighted by molar-refractivity contribution is 0.565. The molecule has 0 saturated heterocycles. The van der Waals surface area contributed by atoms with Gasteiger partial charge in [-0.15, -0.1) is 11.8 Å². The fraction of sp³-hybridized carbons (Fsp3) is 0.647. The Labute approximate surface area is 118 Å². The molecule has 0 heterocycles. The fourth-order valence-corrected chi connectivity index (χ4v) is 2.63. The molecular formula is C17H28S. The number of benzene rings is 1. The first-order valence-electron chi connectivity index (χ1n) is 6.93. The predicted octanol–water partition coefficient (Wildman–Crippen LogP) is 5.78. The van der Waals surface area contributed by atoms with Crippen molar-refractivity contribution < 1.29 is 0 Å². The minimum absolute atomic E-state index is 0.225. The molecule has 0 aliphatic heterocycles. The first-order valence-corrected chi connectivity index (χ1v) is 7.92. The van der Waals surface area contributed by atoms with Crippen molar-refractivity contribution >= 4 is 11.8 Å². The highest BCUT2D eigenvalue weighted by Crippen LogP contribution is 2.33. The first-order chi connectivity index (χ1) is 8.14. The summed E-state index contributed by atoms with van der Waals surface area (Å²) in [5, 5.41) is 0. The van der Waals surface area contributed by atoms with Crippen LogP contribution in [0.25, 0.3) is 0 Å². The Kier molecular flexibility index (Phi) is 4.94. The molecule has 1 rings (SSSR count). The van der Waals surface area contributed by atoms with Gasteiger partial charge in [0, 0.05) is 4.90 Å². The van der Waals surface area contributed by atoms with Crippen molar-refractivity contribution in [1.29, 1.82) is 0 Å². The normalized spacial score (nSPS) is 12.8. The van der Waals surface area contributed by atoms with Crippen molar-refractivity contribution in [2.75, 3.05) is 5.75 Å². The van der Waals surface area contributed by atoms with Crippen LogP contribution in [0.1, 0.15) is 66.0 Å². The molecule has 1 heteroatoms. The molecular weight excluding hydrogens is 236 g/mol. The summed E-state index contributed by atoms with van der Waals surface area (Å²) in [6.45, 7) is 16.0. The SMILES string of the molecule is CCCSc1cc(C(C)(C)C)cc(C(C)(C)C)c1. The van der Waals surface area contributed by atoms with Gasteiger partial charge >= 0.3 is 0 Å². The van der Waals surface area contributed by atoms with Crippen molar-refractivity contribution in [1.82, 2.24) is 0 Å². The molecule has 0 radical (unpaired) electrons. The summed E-state index contributed by atoms with van der Waals surface area (Å²) in [5.41, 5.74) is 3.35. The summed E-state index contributed by atoms with van der Waals surface area (Å²) in [5.74, 6) is 1.21. The molecule has 0 atom stereocenters. The van der Waals surface area contributed by atoms with Gasteiger partial charge in [0.15, 0.2) is 0 Å². The average molecular weight is 264 g/mol. The molecule has 0 spiro atoms. The Hall–Kier alpha value is -0.430. The lowest BCUT2D eigenvalue weighted by atomic mass is 9.81. The summed E-state index contributed by atoms with van der Waals surface area (Å²) >= 11 is 1.98. The van der Waals surface area contributed by atoms with Crippen LogP contribution in [0.15, 0.2) is 23.1 Å². The second kappa shape index (κ2) is 5.69. The second-order valence-electron chi connectivity index (χ2n) is 7.09. The minimum atomic E-state index is 0.225. The average Bonchev–Trinajstić information content (AvgIpc) is 2.23. The molecule has 0 fully saturated rings. The fourth-order valence-electron chi connectivity index (χ4n) is 1.77. The van der Waals surface area contributed by atoms with Gasteiger partial charge in [-0.25, -0.2) is 0 Å². The van der Waals surface area contributed by atoms with E-state index in [-0.39, 0.29) is 10.8 Å². The molecule has 102 valence electrons. The summed E-state index contributed by atoms with van der Waals surface area (Å²) < 4.78 is 0. The molecule has 0 unspecified atom stereocenters. The lowest BCUT2D eigenvalue weighted by Crippen LogP contribution is -2.16. The summed E-state index contributed by atoms with van der Waals surface area (Å²) in [4.78, 5) is 1.43. The zero-order valence-corrected chi connectivity index (χ0v) is 13.9. The predicted molar refractivity (Wildman–Crippen MR) is 84.9 cm³/mol. The zero-order valence-electron chi connectivity index (χ0n) is 13.1. The van der Waals surface area contributed by atoms with Gasteiger partial charge in [0.25, 0.3) is 0 Å². The first kappa shape index (κ1) is 15.6. The maximum Gasteiger partial charge on any atom is 0.00778 e. The molecule has 0 nitrogen and oxygen atoms in total. The quantitative estimate of drug-likeness (QED) is 0.623. The van der Waals surface area contributed by atoms with E-state index in [9.17, 15) is 0 Å². The third-order valence-electron chi connectivity index (χ3n) is 3.11. The van der Waals surface area contributed by atoms with Gasteiger partial charge in [-0.2, -0.15) is 0 Å². The van der Waals surface area contributed by atoms with Gasteiger partial charge in [0.1, 0.15) is 0 Å². The monoisotopic (exact) mass is 264 g/mol. The molecule has 0 bridgehead atoms. The van der Waals surface area contributed by atoms with Crippen LogP contribution in [-0.4, -0.2) is 5.75 Å². The van der Waals surface area contributed by atoms with Crippen molar-refractivity contribution in [2.24, 2.45) is 0 Å². The highest BCUT2D eigenvalue weighted by molar-refractivity contribution is 7.99. The molecule has 1 aromatic carbocycles. The van der Waals surface area contributed by atoms with Gasteiger partial charge in [-0.05, 0) is 46.3 Å². The number of thioether (sulfide) groups is 1. The van der Waals surface area contributed by atoms with Crippen molar-refractivity contribution in [3.05, 3.63) is 29.3 Å². The smallest absolute Gasteiger partial charge is 0.00778 e. The molecule has 0 aliphatic rings. The van der Waals surface area contributed by atoms with E-state index in [4.69, 9.17) is 0 Å². The Bertz CT molecular complexity index is 359. The van der Waals surface area contributed by atoms with E-state index in [1.54, 1.807) is 0 Å². The van der Waals surface area contributed by atoms with E-state index in [1.807, 2.05) is 11.8 Å². The molecule has 0 aliphatic carbocycles. The minimum Gasteiger partial charge on any atom is -0.126 e. The van der Waals surface area contributed by atoms with E-state index in [1.165, 1.54) is 28.2 Å². The van der Waals surface area contributed by atoms with E-state index in [0.29, 0.717) is 0 Å². The standard InChI is InChI=1S/C17H28S/c1-8-9-18-15-11-13(16(2,3)4)10-14(12-15)17(5,6)7/h10-12H,8-9H2,1-7H3. The number of hydrogen-bond acceptors (Lipinski definition) is 1. The van der Waals surface area contributed by atoms with Gasteiger partial charge in [-0.3, -0.25) is 0 Å². The second-order valence-corrected chi connectivity index (χ2v) is 8.26. The van der Waals surface area contributed by atoms with Crippen molar-refractivity contribution in [2.45, 2.75) is 70.6 Å². The number of rotatable bonds is 3. The van der Waals surface area contributed by atoms with Crippen LogP contribution in [0.4, 0.5) is 0 Å². The topological polar surface area (TPSA) is 0 Å². The van der Waals surface area contributed by atoms with Crippen LogP contribution >= 0.6 is 11.8 Å². The van der Waals surface area contributed by atoms with Crippen LogP contribution in [0, 0.1) is 0 Å². The Morgan fingerprint density at radius 2 is 1.28 bits per heavy atom. The maximum absolute atomic E-state index is 2.38. The van der Waals surface area contributed by atoms with Crippen molar-refractivity contribution in [3.8, 4) is 0 Å². The molecule has 0 amide bonds. The van der Waals surface area contributed by atoms with Crippen molar-refractivity contribution in [3.63, 3.8) is 0 Å². The van der Waals surface area contributed by atoms with Gasteiger partial charge < -0.3 is 0 Å². The van der Waals surface area contributed by atoms with Gasteiger partial charge in [-0.1, -0.05) is 54.5 Å².